The van der Waals surface area contributed by atoms with Crippen molar-refractivity contribution in [2.24, 2.45) is 0 Å². The normalized spacial score (nSPS) is 12.6. The number of rotatable bonds is 8. The average molecular weight is 411 g/mol. The Morgan fingerprint density at radius 2 is 1.70 bits per heavy atom. The van der Waals surface area contributed by atoms with E-state index in [-0.39, 0.29) is 12.5 Å². The summed E-state index contributed by atoms with van der Waals surface area (Å²) in [6.45, 7) is 9.24. The summed E-state index contributed by atoms with van der Waals surface area (Å²) in [7, 11) is 0. The zero-order valence-electron chi connectivity index (χ0n) is 18.2. The molecule has 0 aliphatic rings. The van der Waals surface area contributed by atoms with Gasteiger partial charge in [0.2, 0.25) is 0 Å². The average Bonchev–Trinajstić information content (AvgIpc) is 2.73. The van der Waals surface area contributed by atoms with Crippen molar-refractivity contribution in [3.63, 3.8) is 0 Å². The van der Waals surface area contributed by atoms with Crippen LogP contribution < -0.4 is 10.6 Å². The number of benzene rings is 2. The molecule has 0 fully saturated rings. The Kier molecular flexibility index (Phi) is 8.16. The van der Waals surface area contributed by atoms with Gasteiger partial charge >= 0.3 is 5.97 Å². The van der Waals surface area contributed by atoms with Crippen LogP contribution in [0.4, 0.5) is 5.69 Å². The summed E-state index contributed by atoms with van der Waals surface area (Å²) >= 11 is 0. The van der Waals surface area contributed by atoms with Crippen molar-refractivity contribution in [1.29, 1.82) is 0 Å². The number of nitrogens with one attached hydrogen (secondary N) is 2. The number of aryl methyl sites for hydroxylation is 2. The van der Waals surface area contributed by atoms with Gasteiger partial charge in [-0.15, -0.1) is 0 Å². The molecule has 2 atom stereocenters. The van der Waals surface area contributed by atoms with Gasteiger partial charge in [-0.1, -0.05) is 38.1 Å². The van der Waals surface area contributed by atoms with Crippen LogP contribution >= 0.6 is 0 Å². The maximum absolute atomic E-state index is 12.5. The summed E-state index contributed by atoms with van der Waals surface area (Å²) in [5.41, 5.74) is 4.29. The van der Waals surface area contributed by atoms with E-state index < -0.39 is 18.0 Å². The molecule has 2 N–H and O–H groups in total. The quantitative estimate of drug-likeness (QED) is 0.641. The van der Waals surface area contributed by atoms with Crippen LogP contribution in [0.2, 0.25) is 0 Å². The topological polar surface area (TPSA) is 84.5 Å². The molecule has 0 aromatic heterocycles. The third-order valence-corrected chi connectivity index (χ3v) is 5.20. The number of amides is 2. The van der Waals surface area contributed by atoms with Crippen molar-refractivity contribution in [3.05, 3.63) is 64.7 Å². The smallest absolute Gasteiger partial charge is 0.326 e. The number of esters is 1. The van der Waals surface area contributed by atoms with E-state index in [9.17, 15) is 14.4 Å². The van der Waals surface area contributed by atoms with E-state index in [1.54, 1.807) is 12.1 Å². The van der Waals surface area contributed by atoms with Crippen LogP contribution in [0.5, 0.6) is 0 Å². The third-order valence-electron chi connectivity index (χ3n) is 5.20. The lowest BCUT2D eigenvalue weighted by Crippen LogP contribution is -2.36. The van der Waals surface area contributed by atoms with E-state index >= 15 is 0 Å². The van der Waals surface area contributed by atoms with Crippen LogP contribution in [0.25, 0.3) is 0 Å². The summed E-state index contributed by atoms with van der Waals surface area (Å²) in [6.07, 6.45) is -0.0431. The highest BCUT2D eigenvalue weighted by atomic mass is 16.5. The Morgan fingerprint density at radius 1 is 1.00 bits per heavy atom. The first-order valence-electron chi connectivity index (χ1n) is 10.2. The zero-order chi connectivity index (χ0) is 22.3. The molecule has 30 heavy (non-hydrogen) atoms. The summed E-state index contributed by atoms with van der Waals surface area (Å²) in [5, 5.41) is 5.36. The van der Waals surface area contributed by atoms with Crippen LogP contribution in [0.15, 0.2) is 42.5 Å². The van der Waals surface area contributed by atoms with Gasteiger partial charge in [-0.25, -0.2) is 0 Å². The van der Waals surface area contributed by atoms with E-state index in [0.29, 0.717) is 17.2 Å². The van der Waals surface area contributed by atoms with E-state index in [1.807, 2.05) is 44.2 Å². The fourth-order valence-electron chi connectivity index (χ4n) is 2.92. The molecule has 2 amide bonds. The number of para-hydroxylation sites is 1. The van der Waals surface area contributed by atoms with Crippen LogP contribution in [0.3, 0.4) is 0 Å². The Labute approximate surface area is 178 Å². The third kappa shape index (κ3) is 6.17. The first-order valence-corrected chi connectivity index (χ1v) is 10.2. The molecule has 0 saturated heterocycles. The van der Waals surface area contributed by atoms with Gasteiger partial charge in [-0.05, 0) is 68.0 Å². The minimum absolute atomic E-state index is 0.292. The minimum Gasteiger partial charge on any atom is -0.451 e. The second kappa shape index (κ2) is 10.6. The van der Waals surface area contributed by atoms with Crippen molar-refractivity contribution in [2.75, 3.05) is 11.9 Å². The molecular formula is C24H30N2O4. The monoisotopic (exact) mass is 410 g/mol. The van der Waals surface area contributed by atoms with Crippen LogP contribution in [-0.4, -0.2) is 30.4 Å². The largest absolute Gasteiger partial charge is 0.451 e. The highest BCUT2D eigenvalue weighted by Gasteiger charge is 2.20. The van der Waals surface area contributed by atoms with Gasteiger partial charge in [0.15, 0.2) is 6.10 Å². The van der Waals surface area contributed by atoms with E-state index in [2.05, 4.69) is 24.5 Å². The van der Waals surface area contributed by atoms with Crippen LogP contribution in [0, 0.1) is 13.8 Å². The molecule has 2 aromatic rings. The molecule has 6 nitrogen and oxygen atoms in total. The van der Waals surface area contributed by atoms with Gasteiger partial charge in [-0.2, -0.15) is 0 Å². The lowest BCUT2D eigenvalue weighted by Gasteiger charge is -2.18. The highest BCUT2D eigenvalue weighted by molar-refractivity contribution is 5.97. The second-order valence-electron chi connectivity index (χ2n) is 7.50. The predicted molar refractivity (Wildman–Crippen MR) is 118 cm³/mol. The number of ether oxygens (including phenoxy) is 1. The van der Waals surface area contributed by atoms with Gasteiger partial charge in [0, 0.05) is 11.3 Å². The summed E-state index contributed by atoms with van der Waals surface area (Å²) in [5.74, 6) is -1.17. The SMILES string of the molecule is CC[C@@H](C)c1ccccc1NC(=O)[C@@H](C)OC(=O)CNC(=O)c1ccc(C)c(C)c1. The Morgan fingerprint density at radius 3 is 2.37 bits per heavy atom. The van der Waals surface area contributed by atoms with Gasteiger partial charge in [0.25, 0.3) is 11.8 Å². The summed E-state index contributed by atoms with van der Waals surface area (Å²) < 4.78 is 5.17. The fourth-order valence-corrected chi connectivity index (χ4v) is 2.92. The van der Waals surface area contributed by atoms with Crippen LogP contribution in [-0.2, 0) is 14.3 Å². The Hall–Kier alpha value is -3.15. The number of carbonyl (C=O) groups is 3. The molecule has 0 heterocycles. The lowest BCUT2D eigenvalue weighted by atomic mass is 9.97. The van der Waals surface area contributed by atoms with Gasteiger partial charge in [-0.3, -0.25) is 14.4 Å². The molecule has 0 saturated carbocycles. The predicted octanol–water partition coefficient (Wildman–Crippen LogP) is 4.12. The molecular weight excluding hydrogens is 380 g/mol. The number of anilines is 1. The molecule has 0 spiro atoms. The molecule has 160 valence electrons. The first-order chi connectivity index (χ1) is 14.2. The highest BCUT2D eigenvalue weighted by Crippen LogP contribution is 2.26. The minimum atomic E-state index is -0.985. The van der Waals surface area contributed by atoms with Gasteiger partial charge < -0.3 is 15.4 Å². The van der Waals surface area contributed by atoms with Crippen molar-refractivity contribution in [2.45, 2.75) is 53.1 Å². The molecule has 6 heteroatoms. The van der Waals surface area contributed by atoms with E-state index in [4.69, 9.17) is 4.74 Å². The number of carbonyl (C=O) groups excluding carboxylic acids is 3. The molecule has 0 bridgehead atoms. The number of hydrogen-bond acceptors (Lipinski definition) is 4. The first kappa shape index (κ1) is 23.1. The van der Waals surface area contributed by atoms with Crippen molar-refractivity contribution < 1.29 is 19.1 Å². The van der Waals surface area contributed by atoms with Crippen molar-refractivity contribution in [1.82, 2.24) is 5.32 Å². The maximum Gasteiger partial charge on any atom is 0.326 e. The molecule has 2 aromatic carbocycles. The Bertz CT molecular complexity index is 923. The molecule has 0 aliphatic carbocycles. The van der Waals surface area contributed by atoms with E-state index in [0.717, 1.165) is 23.1 Å². The molecule has 0 radical (unpaired) electrons. The number of hydrogen-bond donors (Lipinski definition) is 2. The summed E-state index contributed by atoms with van der Waals surface area (Å²) in [4.78, 5) is 36.7. The van der Waals surface area contributed by atoms with Crippen molar-refractivity contribution >= 4 is 23.5 Å². The molecule has 0 aliphatic heterocycles. The second-order valence-corrected chi connectivity index (χ2v) is 7.50. The van der Waals surface area contributed by atoms with Crippen LogP contribution in [0.1, 0.15) is 60.2 Å². The lowest BCUT2D eigenvalue weighted by molar-refractivity contribution is -0.152. The standard InChI is InChI=1S/C24H30N2O4/c1-6-15(2)20-9-7-8-10-21(20)26-23(28)18(5)30-22(27)14-25-24(29)19-12-11-16(3)17(4)13-19/h7-13,15,18H,6,14H2,1-5H3,(H,25,29)(H,26,28)/t15-,18-/m1/s1. The fraction of sp³-hybridized carbons (Fsp3) is 0.375. The zero-order valence-corrected chi connectivity index (χ0v) is 18.2. The molecule has 2 rings (SSSR count). The maximum atomic E-state index is 12.5. The summed E-state index contributed by atoms with van der Waals surface area (Å²) in [6, 6.07) is 12.9. The van der Waals surface area contributed by atoms with Crippen molar-refractivity contribution in [3.8, 4) is 0 Å². The molecule has 0 unspecified atom stereocenters. The van der Waals surface area contributed by atoms with E-state index in [1.165, 1.54) is 6.92 Å². The van der Waals surface area contributed by atoms with Gasteiger partial charge in [0.05, 0.1) is 0 Å². The Balaban J connectivity index is 1.89. The van der Waals surface area contributed by atoms with Gasteiger partial charge in [0.1, 0.15) is 6.54 Å².